The molecule has 192 valence electrons. The van der Waals surface area contributed by atoms with Gasteiger partial charge in [0.25, 0.3) is 0 Å². The normalized spacial score (nSPS) is 20.3. The van der Waals surface area contributed by atoms with Crippen molar-refractivity contribution < 1.29 is 26.8 Å². The zero-order valence-corrected chi connectivity index (χ0v) is 21.6. The maximum absolute atomic E-state index is 14.3. The van der Waals surface area contributed by atoms with Crippen LogP contribution in [0.1, 0.15) is 62.0 Å². The van der Waals surface area contributed by atoms with Gasteiger partial charge in [-0.2, -0.15) is 13.2 Å². The summed E-state index contributed by atoms with van der Waals surface area (Å²) >= 11 is 0. The lowest BCUT2D eigenvalue weighted by molar-refractivity contribution is -0.137. The number of rotatable bonds is 9. The number of halogens is 3. The predicted octanol–water partition coefficient (Wildman–Crippen LogP) is 8.22. The Hall–Kier alpha value is -2.44. The molecule has 0 bridgehead atoms. The molecular weight excluding hydrogens is 486 g/mol. The standard InChI is InChI=1S/C28H31F3NO3P/c1-19(2)34-36(33,35-20(3)4)27-26(23-15-17-24(18-16-23)28(29,30)31)32(27)25(21-11-7-5-8-12-21)22-13-9-6-10-14-22/h5-20,25-27H,1-4H3/t26-,27+,32?/m0/s1. The van der Waals surface area contributed by atoms with Crippen molar-refractivity contribution in [3.63, 3.8) is 0 Å². The summed E-state index contributed by atoms with van der Waals surface area (Å²) in [6, 6.07) is 23.9. The maximum Gasteiger partial charge on any atom is 0.416 e. The van der Waals surface area contributed by atoms with Crippen molar-refractivity contribution in [2.24, 2.45) is 0 Å². The van der Waals surface area contributed by atoms with E-state index in [1.54, 1.807) is 27.7 Å². The SMILES string of the molecule is CC(C)OP(=O)(OC(C)C)[C@@H]1[C@H](c2ccc(C(F)(F)F)cc2)N1C(c1ccccc1)c1ccccc1. The molecule has 0 saturated carbocycles. The van der Waals surface area contributed by atoms with Crippen LogP contribution in [0, 0.1) is 0 Å². The van der Waals surface area contributed by atoms with Crippen LogP contribution in [-0.2, 0) is 19.8 Å². The van der Waals surface area contributed by atoms with Crippen LogP contribution in [0.15, 0.2) is 84.9 Å². The van der Waals surface area contributed by atoms with Gasteiger partial charge in [0.15, 0.2) is 0 Å². The molecule has 0 radical (unpaired) electrons. The first-order valence-corrected chi connectivity index (χ1v) is 13.6. The first-order chi connectivity index (χ1) is 17.0. The van der Waals surface area contributed by atoms with Crippen LogP contribution >= 0.6 is 7.60 Å². The van der Waals surface area contributed by atoms with E-state index in [4.69, 9.17) is 9.05 Å². The first-order valence-electron chi connectivity index (χ1n) is 12.0. The molecule has 3 aromatic rings. The Labute approximate surface area is 210 Å². The molecule has 0 amide bonds. The molecule has 36 heavy (non-hydrogen) atoms. The highest BCUT2D eigenvalue weighted by molar-refractivity contribution is 7.55. The van der Waals surface area contributed by atoms with E-state index in [1.807, 2.05) is 65.6 Å². The van der Waals surface area contributed by atoms with E-state index in [0.717, 1.165) is 23.3 Å². The molecule has 1 heterocycles. The highest BCUT2D eigenvalue weighted by Gasteiger charge is 2.64. The summed E-state index contributed by atoms with van der Waals surface area (Å²) < 4.78 is 66.0. The van der Waals surface area contributed by atoms with E-state index < -0.39 is 31.2 Å². The minimum absolute atomic E-state index is 0.301. The largest absolute Gasteiger partial charge is 0.416 e. The summed E-state index contributed by atoms with van der Waals surface area (Å²) in [5.41, 5.74) is 1.86. The summed E-state index contributed by atoms with van der Waals surface area (Å²) in [6.07, 6.45) is -5.16. The van der Waals surface area contributed by atoms with Crippen molar-refractivity contribution in [2.75, 3.05) is 0 Å². The molecule has 1 aliphatic rings. The van der Waals surface area contributed by atoms with Crippen molar-refractivity contribution in [2.45, 2.75) is 63.9 Å². The van der Waals surface area contributed by atoms with Gasteiger partial charge in [0.05, 0.1) is 29.9 Å². The Morgan fingerprint density at radius 2 is 1.19 bits per heavy atom. The second-order valence-electron chi connectivity index (χ2n) is 9.50. The molecule has 0 spiro atoms. The number of hydrogen-bond acceptors (Lipinski definition) is 4. The van der Waals surface area contributed by atoms with Crippen LogP contribution in [0.25, 0.3) is 0 Å². The zero-order chi connectivity index (χ0) is 26.1. The minimum atomic E-state index is -4.44. The van der Waals surface area contributed by atoms with Crippen molar-refractivity contribution in [1.82, 2.24) is 4.90 Å². The molecule has 3 atom stereocenters. The average Bonchev–Trinajstić information content (AvgIpc) is 3.55. The summed E-state index contributed by atoms with van der Waals surface area (Å²) in [7, 11) is -3.71. The Bertz CT molecular complexity index is 1130. The third-order valence-electron chi connectivity index (χ3n) is 5.97. The molecule has 1 unspecified atom stereocenters. The van der Waals surface area contributed by atoms with Crippen LogP contribution in [0.5, 0.6) is 0 Å². The van der Waals surface area contributed by atoms with E-state index in [2.05, 4.69) is 0 Å². The first kappa shape index (κ1) is 26.6. The predicted molar refractivity (Wildman–Crippen MR) is 135 cm³/mol. The quantitative estimate of drug-likeness (QED) is 0.212. The second-order valence-corrected chi connectivity index (χ2v) is 11.5. The van der Waals surface area contributed by atoms with Crippen LogP contribution < -0.4 is 0 Å². The lowest BCUT2D eigenvalue weighted by Crippen LogP contribution is -2.18. The average molecular weight is 518 g/mol. The van der Waals surface area contributed by atoms with E-state index in [0.29, 0.717) is 5.56 Å². The van der Waals surface area contributed by atoms with Crippen molar-refractivity contribution >= 4 is 7.60 Å². The van der Waals surface area contributed by atoms with Crippen LogP contribution in [-0.4, -0.2) is 22.9 Å². The fraction of sp³-hybridized carbons (Fsp3) is 0.357. The van der Waals surface area contributed by atoms with Gasteiger partial charge in [-0.15, -0.1) is 0 Å². The second kappa shape index (κ2) is 10.5. The summed E-state index contributed by atoms with van der Waals surface area (Å²) in [5, 5.41) is 0. The molecule has 0 aliphatic carbocycles. The van der Waals surface area contributed by atoms with E-state index in [1.165, 1.54) is 12.1 Å². The lowest BCUT2D eigenvalue weighted by atomic mass is 9.98. The molecule has 4 rings (SSSR count). The minimum Gasteiger partial charge on any atom is -0.305 e. The Balaban J connectivity index is 1.84. The van der Waals surface area contributed by atoms with Gasteiger partial charge in [0, 0.05) is 0 Å². The van der Waals surface area contributed by atoms with Gasteiger partial charge < -0.3 is 9.05 Å². The van der Waals surface area contributed by atoms with Gasteiger partial charge in [-0.3, -0.25) is 9.46 Å². The molecule has 0 N–H and O–H groups in total. The summed E-state index contributed by atoms with van der Waals surface area (Å²) in [4.78, 5) is 2.04. The molecule has 4 nitrogen and oxygen atoms in total. The Morgan fingerprint density at radius 1 is 0.750 bits per heavy atom. The molecule has 1 fully saturated rings. The van der Waals surface area contributed by atoms with Gasteiger partial charge in [-0.25, -0.2) is 0 Å². The number of alkyl halides is 3. The fourth-order valence-corrected chi connectivity index (χ4v) is 7.32. The van der Waals surface area contributed by atoms with Gasteiger partial charge in [0.1, 0.15) is 5.78 Å². The molecular formula is C28H31F3NO3P. The molecule has 0 aromatic heterocycles. The van der Waals surface area contributed by atoms with Crippen LogP contribution in [0.3, 0.4) is 0 Å². The van der Waals surface area contributed by atoms with E-state index in [9.17, 15) is 17.7 Å². The number of benzene rings is 3. The highest BCUT2D eigenvalue weighted by Crippen LogP contribution is 2.71. The Kier molecular flexibility index (Phi) is 7.77. The highest BCUT2D eigenvalue weighted by atomic mass is 31.2. The smallest absolute Gasteiger partial charge is 0.305 e. The van der Waals surface area contributed by atoms with Gasteiger partial charge in [0.2, 0.25) is 0 Å². The summed E-state index contributed by atoms with van der Waals surface area (Å²) in [5.74, 6) is -0.663. The zero-order valence-electron chi connectivity index (χ0n) is 20.7. The monoisotopic (exact) mass is 517 g/mol. The third kappa shape index (κ3) is 5.76. The number of nitrogens with zero attached hydrogens (tertiary/aromatic N) is 1. The van der Waals surface area contributed by atoms with Crippen LogP contribution in [0.2, 0.25) is 0 Å². The fourth-order valence-electron chi connectivity index (χ4n) is 4.64. The molecule has 3 aromatic carbocycles. The van der Waals surface area contributed by atoms with Gasteiger partial charge in [-0.1, -0.05) is 72.8 Å². The van der Waals surface area contributed by atoms with Crippen molar-refractivity contribution in [3.05, 3.63) is 107 Å². The third-order valence-corrected chi connectivity index (χ3v) is 8.60. The van der Waals surface area contributed by atoms with Crippen molar-refractivity contribution in [3.8, 4) is 0 Å². The molecule has 1 saturated heterocycles. The number of hydrogen-bond donors (Lipinski definition) is 0. The molecule has 8 heteroatoms. The van der Waals surface area contributed by atoms with Crippen molar-refractivity contribution in [1.29, 1.82) is 0 Å². The van der Waals surface area contributed by atoms with Gasteiger partial charge in [-0.05, 0) is 56.5 Å². The maximum atomic E-state index is 14.3. The van der Waals surface area contributed by atoms with Gasteiger partial charge >= 0.3 is 13.8 Å². The topological polar surface area (TPSA) is 38.5 Å². The molecule has 1 aliphatic heterocycles. The summed E-state index contributed by atoms with van der Waals surface area (Å²) in [6.45, 7) is 7.17. The van der Waals surface area contributed by atoms with Crippen LogP contribution in [0.4, 0.5) is 13.2 Å². The van der Waals surface area contributed by atoms with E-state index >= 15 is 0 Å². The van der Waals surface area contributed by atoms with E-state index in [-0.39, 0.29) is 18.2 Å². The lowest BCUT2D eigenvalue weighted by Gasteiger charge is -2.25. The Morgan fingerprint density at radius 3 is 1.58 bits per heavy atom.